The maximum Gasteiger partial charge on any atom is 0.522 e. The number of nitrogens with zero attached hydrogens (tertiary/aromatic N) is 2. The van der Waals surface area contributed by atoms with E-state index in [1.165, 1.54) is 6.33 Å². The van der Waals surface area contributed by atoms with Crippen LogP contribution in [-0.4, -0.2) is 46.3 Å². The van der Waals surface area contributed by atoms with Gasteiger partial charge in [-0.15, -0.1) is 13.2 Å². The molecular formula is C11H14F3N3O2. The smallest absolute Gasteiger partial charge is 0.348 e. The van der Waals surface area contributed by atoms with Gasteiger partial charge in [0.25, 0.3) is 0 Å². The number of hydrogen-bond donors (Lipinski definition) is 1. The summed E-state index contributed by atoms with van der Waals surface area (Å²) in [6.45, 7) is 0.571. The summed E-state index contributed by atoms with van der Waals surface area (Å²) in [4.78, 5) is 20.0. The average Bonchev–Trinajstić information content (AvgIpc) is 2.80. The van der Waals surface area contributed by atoms with Gasteiger partial charge in [-0.25, -0.2) is 4.98 Å². The molecule has 2 heterocycles. The van der Waals surface area contributed by atoms with Gasteiger partial charge in [0.2, 0.25) is 5.91 Å². The number of piperidine rings is 1. The molecule has 0 atom stereocenters. The minimum absolute atomic E-state index is 0.116. The zero-order valence-electron chi connectivity index (χ0n) is 10.1. The number of likely N-dealkylation sites (tertiary alicyclic amines) is 1. The van der Waals surface area contributed by atoms with Crippen molar-refractivity contribution >= 4 is 5.91 Å². The fraction of sp³-hybridized carbons (Fsp3) is 0.636. The number of aromatic amines is 1. The van der Waals surface area contributed by atoms with E-state index in [0.29, 0.717) is 5.69 Å². The highest BCUT2D eigenvalue weighted by atomic mass is 19.4. The van der Waals surface area contributed by atoms with Gasteiger partial charge in [-0.2, -0.15) is 0 Å². The fourth-order valence-corrected chi connectivity index (χ4v) is 2.07. The van der Waals surface area contributed by atoms with E-state index in [4.69, 9.17) is 0 Å². The summed E-state index contributed by atoms with van der Waals surface area (Å²) >= 11 is 0. The Kier molecular flexibility index (Phi) is 4.08. The standard InChI is InChI=1S/C11H14F3N3O2/c12-11(13,14)19-9-1-3-17(4-2-9)10(18)5-8-6-15-7-16-8/h6-7,9H,1-5H2,(H,15,16). The van der Waals surface area contributed by atoms with Crippen molar-refractivity contribution in [2.24, 2.45) is 0 Å². The number of H-pyrrole nitrogens is 1. The monoisotopic (exact) mass is 277 g/mol. The lowest BCUT2D eigenvalue weighted by molar-refractivity contribution is -0.345. The van der Waals surface area contributed by atoms with Crippen LogP contribution in [0.4, 0.5) is 13.2 Å². The third kappa shape index (κ3) is 4.23. The van der Waals surface area contributed by atoms with Crippen molar-refractivity contribution in [3.63, 3.8) is 0 Å². The van der Waals surface area contributed by atoms with E-state index in [1.54, 1.807) is 11.1 Å². The Morgan fingerprint density at radius 2 is 2.16 bits per heavy atom. The van der Waals surface area contributed by atoms with Gasteiger partial charge in [0.1, 0.15) is 0 Å². The first-order valence-electron chi connectivity index (χ1n) is 5.93. The van der Waals surface area contributed by atoms with Gasteiger partial charge in [-0.05, 0) is 12.8 Å². The fourth-order valence-electron chi connectivity index (χ4n) is 2.07. The van der Waals surface area contributed by atoms with Crippen LogP contribution in [0.3, 0.4) is 0 Å². The van der Waals surface area contributed by atoms with E-state index in [0.717, 1.165) is 0 Å². The molecular weight excluding hydrogens is 263 g/mol. The second-order valence-corrected chi connectivity index (χ2v) is 4.40. The topological polar surface area (TPSA) is 58.2 Å². The molecule has 0 unspecified atom stereocenters. The first-order valence-corrected chi connectivity index (χ1v) is 5.93. The van der Waals surface area contributed by atoms with Crippen molar-refractivity contribution in [1.29, 1.82) is 0 Å². The predicted molar refractivity (Wildman–Crippen MR) is 59.0 cm³/mol. The Morgan fingerprint density at radius 3 is 2.68 bits per heavy atom. The minimum Gasteiger partial charge on any atom is -0.348 e. The Labute approximate surface area is 107 Å². The molecule has 1 N–H and O–H groups in total. The largest absolute Gasteiger partial charge is 0.522 e. The highest BCUT2D eigenvalue weighted by molar-refractivity contribution is 5.78. The molecule has 1 amide bonds. The first-order chi connectivity index (χ1) is 8.94. The van der Waals surface area contributed by atoms with Crippen LogP contribution >= 0.6 is 0 Å². The van der Waals surface area contributed by atoms with E-state index in [9.17, 15) is 18.0 Å². The maximum absolute atomic E-state index is 12.0. The molecule has 8 heteroatoms. The molecule has 0 aliphatic carbocycles. The molecule has 1 saturated heterocycles. The number of nitrogens with one attached hydrogen (secondary N) is 1. The summed E-state index contributed by atoms with van der Waals surface area (Å²) in [5.74, 6) is -0.116. The van der Waals surface area contributed by atoms with E-state index in [2.05, 4.69) is 14.7 Å². The summed E-state index contributed by atoms with van der Waals surface area (Å²) in [6.07, 6.45) is -1.83. The lowest BCUT2D eigenvalue weighted by atomic mass is 10.1. The Balaban J connectivity index is 1.78. The van der Waals surface area contributed by atoms with E-state index < -0.39 is 12.5 Å². The molecule has 0 spiro atoms. The van der Waals surface area contributed by atoms with Crippen molar-refractivity contribution < 1.29 is 22.7 Å². The van der Waals surface area contributed by atoms with Gasteiger partial charge in [-0.3, -0.25) is 9.53 Å². The number of rotatable bonds is 3. The van der Waals surface area contributed by atoms with Crippen LogP contribution in [0.15, 0.2) is 12.5 Å². The zero-order valence-corrected chi connectivity index (χ0v) is 10.1. The highest BCUT2D eigenvalue weighted by Crippen LogP contribution is 2.24. The lowest BCUT2D eigenvalue weighted by Crippen LogP contribution is -2.42. The molecule has 0 bridgehead atoms. The second-order valence-electron chi connectivity index (χ2n) is 4.40. The Morgan fingerprint density at radius 1 is 1.47 bits per heavy atom. The molecule has 1 aliphatic heterocycles. The van der Waals surface area contributed by atoms with Crippen molar-refractivity contribution in [2.75, 3.05) is 13.1 Å². The van der Waals surface area contributed by atoms with Gasteiger partial charge >= 0.3 is 6.36 Å². The van der Waals surface area contributed by atoms with Crippen LogP contribution in [0.2, 0.25) is 0 Å². The van der Waals surface area contributed by atoms with Crippen LogP contribution in [0.5, 0.6) is 0 Å². The SMILES string of the molecule is O=C(Cc1cnc[nH]1)N1CCC(OC(F)(F)F)CC1. The molecule has 0 aromatic carbocycles. The normalized spacial score (nSPS) is 17.7. The molecule has 2 rings (SSSR count). The number of halogens is 3. The number of amides is 1. The number of hydrogen-bond acceptors (Lipinski definition) is 3. The van der Waals surface area contributed by atoms with Crippen LogP contribution in [0, 0.1) is 0 Å². The summed E-state index contributed by atoms with van der Waals surface area (Å²) in [5.41, 5.74) is 0.693. The molecule has 1 aliphatic rings. The highest BCUT2D eigenvalue weighted by Gasteiger charge is 2.35. The van der Waals surface area contributed by atoms with Gasteiger partial charge in [0, 0.05) is 25.0 Å². The molecule has 0 radical (unpaired) electrons. The van der Waals surface area contributed by atoms with E-state index in [1.807, 2.05) is 0 Å². The minimum atomic E-state index is -4.60. The number of aromatic nitrogens is 2. The number of carbonyl (C=O) groups excluding carboxylic acids is 1. The Bertz CT molecular complexity index is 411. The third-order valence-corrected chi connectivity index (χ3v) is 2.99. The lowest BCUT2D eigenvalue weighted by Gasteiger charge is -2.32. The predicted octanol–water partition coefficient (Wildman–Crippen LogP) is 1.48. The number of alkyl halides is 3. The molecule has 1 fully saturated rings. The van der Waals surface area contributed by atoms with Crippen LogP contribution in [0.25, 0.3) is 0 Å². The van der Waals surface area contributed by atoms with Crippen molar-refractivity contribution in [1.82, 2.24) is 14.9 Å². The third-order valence-electron chi connectivity index (χ3n) is 2.99. The molecule has 106 valence electrons. The summed E-state index contributed by atoms with van der Waals surface area (Å²) in [6, 6.07) is 0. The van der Waals surface area contributed by atoms with E-state index in [-0.39, 0.29) is 38.3 Å². The quantitative estimate of drug-likeness (QED) is 0.910. The van der Waals surface area contributed by atoms with Gasteiger partial charge in [0.15, 0.2) is 0 Å². The van der Waals surface area contributed by atoms with Crippen LogP contribution < -0.4 is 0 Å². The summed E-state index contributed by atoms with van der Waals surface area (Å²) in [5, 5.41) is 0. The summed E-state index contributed by atoms with van der Waals surface area (Å²) in [7, 11) is 0. The summed E-state index contributed by atoms with van der Waals surface area (Å²) < 4.78 is 40.1. The first kappa shape index (κ1) is 13.9. The van der Waals surface area contributed by atoms with E-state index >= 15 is 0 Å². The average molecular weight is 277 g/mol. The van der Waals surface area contributed by atoms with Crippen molar-refractivity contribution in [2.45, 2.75) is 31.7 Å². The van der Waals surface area contributed by atoms with Crippen molar-refractivity contribution in [3.8, 4) is 0 Å². The van der Waals surface area contributed by atoms with Crippen LogP contribution in [-0.2, 0) is 16.0 Å². The molecule has 0 saturated carbocycles. The number of ether oxygens (including phenoxy) is 1. The van der Waals surface area contributed by atoms with Gasteiger partial charge in [-0.1, -0.05) is 0 Å². The zero-order chi connectivity index (χ0) is 13.9. The van der Waals surface area contributed by atoms with Gasteiger partial charge in [0.05, 0.1) is 18.9 Å². The number of imidazole rings is 1. The second kappa shape index (κ2) is 5.60. The molecule has 19 heavy (non-hydrogen) atoms. The maximum atomic E-state index is 12.0. The molecule has 1 aromatic heterocycles. The van der Waals surface area contributed by atoms with Crippen molar-refractivity contribution in [3.05, 3.63) is 18.2 Å². The molecule has 5 nitrogen and oxygen atoms in total. The van der Waals surface area contributed by atoms with Gasteiger partial charge < -0.3 is 9.88 Å². The molecule has 1 aromatic rings. The Hall–Kier alpha value is -1.57. The van der Waals surface area contributed by atoms with Crippen LogP contribution in [0.1, 0.15) is 18.5 Å². The number of carbonyl (C=O) groups is 1.